The zero-order chi connectivity index (χ0) is 8.91. The lowest BCUT2D eigenvalue weighted by Gasteiger charge is -2.17. The summed E-state index contributed by atoms with van der Waals surface area (Å²) in [7, 11) is 0. The lowest BCUT2D eigenvalue weighted by Crippen LogP contribution is -2.18. The van der Waals surface area contributed by atoms with Gasteiger partial charge in [-0.15, -0.1) is 0 Å². The molecule has 0 aromatic carbocycles. The van der Waals surface area contributed by atoms with Crippen LogP contribution in [-0.2, 0) is 4.74 Å². The summed E-state index contributed by atoms with van der Waals surface area (Å²) in [6.45, 7) is 11.2. The molecule has 0 saturated carbocycles. The molecule has 0 aliphatic heterocycles. The highest BCUT2D eigenvalue weighted by Crippen LogP contribution is 2.06. The van der Waals surface area contributed by atoms with Gasteiger partial charge in [-0.05, 0) is 26.7 Å². The minimum atomic E-state index is -0.0126. The molecule has 1 nitrogen and oxygen atoms in total. The summed E-state index contributed by atoms with van der Waals surface area (Å²) in [6, 6.07) is 0. The van der Waals surface area contributed by atoms with E-state index in [9.17, 15) is 0 Å². The Morgan fingerprint density at radius 2 is 1.82 bits per heavy atom. The predicted molar refractivity (Wildman–Crippen MR) is 49.7 cm³/mol. The summed E-state index contributed by atoms with van der Waals surface area (Å²) in [5.74, 6) is 0.624. The normalized spacial score (nSPS) is 13.3. The molecule has 0 rings (SSSR count). The van der Waals surface area contributed by atoms with Gasteiger partial charge in [0.25, 0.3) is 0 Å². The Kier molecular flexibility index (Phi) is 4.43. The molecule has 0 unspecified atom stereocenters. The maximum absolute atomic E-state index is 5.49. The van der Waals surface area contributed by atoms with E-state index in [0.717, 1.165) is 6.61 Å². The van der Waals surface area contributed by atoms with Gasteiger partial charge in [0, 0.05) is 0 Å². The van der Waals surface area contributed by atoms with E-state index in [-0.39, 0.29) is 5.60 Å². The van der Waals surface area contributed by atoms with Crippen LogP contribution < -0.4 is 0 Å². The highest BCUT2D eigenvalue weighted by atomic mass is 16.5. The quantitative estimate of drug-likeness (QED) is 0.571. The van der Waals surface area contributed by atoms with Gasteiger partial charge in [0.15, 0.2) is 0 Å². The molecule has 0 radical (unpaired) electrons. The zero-order valence-corrected chi connectivity index (χ0v) is 8.35. The number of allylic oxidation sites excluding steroid dienone is 1. The van der Waals surface area contributed by atoms with Gasteiger partial charge in [-0.2, -0.15) is 0 Å². The van der Waals surface area contributed by atoms with E-state index in [1.54, 1.807) is 0 Å². The molecule has 66 valence electrons. The maximum Gasteiger partial charge on any atom is 0.0654 e. The fraction of sp³-hybridized carbons (Fsp3) is 0.800. The predicted octanol–water partition coefficient (Wildman–Crippen LogP) is 3.01. The number of hydrogen-bond donors (Lipinski definition) is 0. The van der Waals surface area contributed by atoms with E-state index in [1.165, 1.54) is 0 Å². The van der Waals surface area contributed by atoms with E-state index in [4.69, 9.17) is 4.74 Å². The molecule has 0 saturated heterocycles. The molecule has 0 N–H and O–H groups in total. The molecule has 11 heavy (non-hydrogen) atoms. The molecule has 0 aromatic heterocycles. The van der Waals surface area contributed by atoms with E-state index >= 15 is 0 Å². The van der Waals surface area contributed by atoms with Crippen molar-refractivity contribution in [2.75, 3.05) is 6.61 Å². The van der Waals surface area contributed by atoms with Crippen molar-refractivity contribution in [1.29, 1.82) is 0 Å². The van der Waals surface area contributed by atoms with Crippen molar-refractivity contribution in [3.8, 4) is 0 Å². The van der Waals surface area contributed by atoms with Gasteiger partial charge in [0.1, 0.15) is 0 Å². The standard InChI is InChI=1S/C10H20O/c1-9(2)7-6-8-11-10(3,4)5/h6-7,9H,8H2,1-5H3/b7-6+. The summed E-state index contributed by atoms with van der Waals surface area (Å²) in [4.78, 5) is 0. The molecule has 0 atom stereocenters. The second-order valence-electron chi connectivity index (χ2n) is 4.10. The number of rotatable bonds is 3. The fourth-order valence-electron chi connectivity index (χ4n) is 0.626. The molecule has 0 spiro atoms. The Morgan fingerprint density at radius 1 is 1.27 bits per heavy atom. The monoisotopic (exact) mass is 156 g/mol. The second kappa shape index (κ2) is 4.55. The largest absolute Gasteiger partial charge is 0.372 e. The van der Waals surface area contributed by atoms with E-state index in [0.29, 0.717) is 5.92 Å². The summed E-state index contributed by atoms with van der Waals surface area (Å²) in [6.07, 6.45) is 4.24. The first-order valence-corrected chi connectivity index (χ1v) is 4.22. The first-order valence-electron chi connectivity index (χ1n) is 4.22. The highest BCUT2D eigenvalue weighted by Gasteiger charge is 2.07. The molecule has 1 heteroatoms. The molecule has 0 heterocycles. The summed E-state index contributed by atoms with van der Waals surface area (Å²) < 4.78 is 5.49. The minimum Gasteiger partial charge on any atom is -0.372 e. The van der Waals surface area contributed by atoms with Gasteiger partial charge < -0.3 is 4.74 Å². The topological polar surface area (TPSA) is 9.23 Å². The molecule has 0 aromatic rings. The van der Waals surface area contributed by atoms with Crippen LogP contribution >= 0.6 is 0 Å². The van der Waals surface area contributed by atoms with Crippen molar-refractivity contribution in [3.63, 3.8) is 0 Å². The van der Waals surface area contributed by atoms with Crippen LogP contribution in [0.3, 0.4) is 0 Å². The molecule has 0 amide bonds. The van der Waals surface area contributed by atoms with Crippen LogP contribution in [0.25, 0.3) is 0 Å². The molecular formula is C10H20O. The summed E-state index contributed by atoms with van der Waals surface area (Å²) in [5, 5.41) is 0. The number of ether oxygens (including phenoxy) is 1. The Labute approximate surface area is 70.4 Å². The third-order valence-corrected chi connectivity index (χ3v) is 1.13. The molecular weight excluding hydrogens is 136 g/mol. The van der Waals surface area contributed by atoms with Crippen molar-refractivity contribution in [1.82, 2.24) is 0 Å². The molecule has 0 aliphatic carbocycles. The van der Waals surface area contributed by atoms with Gasteiger partial charge >= 0.3 is 0 Å². The zero-order valence-electron chi connectivity index (χ0n) is 8.35. The Bertz CT molecular complexity index is 117. The first-order chi connectivity index (χ1) is 4.92. The van der Waals surface area contributed by atoms with Gasteiger partial charge in [0.05, 0.1) is 12.2 Å². The molecule has 0 fully saturated rings. The van der Waals surface area contributed by atoms with Gasteiger partial charge in [-0.3, -0.25) is 0 Å². The van der Waals surface area contributed by atoms with Gasteiger partial charge in [-0.25, -0.2) is 0 Å². The minimum absolute atomic E-state index is 0.0126. The smallest absolute Gasteiger partial charge is 0.0654 e. The lowest BCUT2D eigenvalue weighted by atomic mass is 10.2. The van der Waals surface area contributed by atoms with Crippen LogP contribution in [0.5, 0.6) is 0 Å². The SMILES string of the molecule is CC(C)/C=C/COC(C)(C)C. The van der Waals surface area contributed by atoms with Crippen molar-refractivity contribution in [3.05, 3.63) is 12.2 Å². The average molecular weight is 156 g/mol. The van der Waals surface area contributed by atoms with Crippen molar-refractivity contribution in [2.24, 2.45) is 5.92 Å². The van der Waals surface area contributed by atoms with Crippen molar-refractivity contribution in [2.45, 2.75) is 40.2 Å². The Hall–Kier alpha value is -0.300. The average Bonchev–Trinajstić information content (AvgIpc) is 1.78. The van der Waals surface area contributed by atoms with Crippen LogP contribution in [0.2, 0.25) is 0 Å². The fourth-order valence-corrected chi connectivity index (χ4v) is 0.626. The molecule has 0 aliphatic rings. The second-order valence-corrected chi connectivity index (χ2v) is 4.10. The Morgan fingerprint density at radius 3 is 2.18 bits per heavy atom. The van der Waals surface area contributed by atoms with Gasteiger partial charge in [0.2, 0.25) is 0 Å². The van der Waals surface area contributed by atoms with Crippen LogP contribution in [0.15, 0.2) is 12.2 Å². The third-order valence-electron chi connectivity index (χ3n) is 1.13. The van der Waals surface area contributed by atoms with Crippen LogP contribution in [0, 0.1) is 5.92 Å². The highest BCUT2D eigenvalue weighted by molar-refractivity contribution is 4.84. The van der Waals surface area contributed by atoms with Crippen molar-refractivity contribution < 1.29 is 4.74 Å². The first kappa shape index (κ1) is 10.7. The third kappa shape index (κ3) is 9.70. The van der Waals surface area contributed by atoms with Crippen LogP contribution in [0.1, 0.15) is 34.6 Å². The Balaban J connectivity index is 3.42. The van der Waals surface area contributed by atoms with Crippen molar-refractivity contribution >= 4 is 0 Å². The maximum atomic E-state index is 5.49. The van der Waals surface area contributed by atoms with Crippen LogP contribution in [-0.4, -0.2) is 12.2 Å². The summed E-state index contributed by atoms with van der Waals surface area (Å²) >= 11 is 0. The van der Waals surface area contributed by atoms with Crippen LogP contribution in [0.4, 0.5) is 0 Å². The van der Waals surface area contributed by atoms with E-state index < -0.39 is 0 Å². The van der Waals surface area contributed by atoms with E-state index in [1.807, 2.05) is 0 Å². The van der Waals surface area contributed by atoms with E-state index in [2.05, 4.69) is 46.8 Å². The lowest BCUT2D eigenvalue weighted by molar-refractivity contribution is 0.0148. The molecule has 0 bridgehead atoms. The van der Waals surface area contributed by atoms with Gasteiger partial charge in [-0.1, -0.05) is 26.0 Å². The number of hydrogen-bond acceptors (Lipinski definition) is 1. The summed E-state index contributed by atoms with van der Waals surface area (Å²) in [5.41, 5.74) is -0.0126.